The number of pyridine rings is 2. The van der Waals surface area contributed by atoms with Crippen LogP contribution in [0, 0.1) is 11.8 Å². The number of piperidine rings is 1. The van der Waals surface area contributed by atoms with Crippen LogP contribution in [-0.4, -0.2) is 57.8 Å². The van der Waals surface area contributed by atoms with Crippen LogP contribution in [0.15, 0.2) is 55.0 Å². The maximum Gasteiger partial charge on any atom is 0.303 e. The molecular weight excluding hydrogens is 454 g/mol. The van der Waals surface area contributed by atoms with Gasteiger partial charge in [-0.2, -0.15) is 0 Å². The Kier molecular flexibility index (Phi) is 9.25. The average molecular weight is 492 g/mol. The quantitative estimate of drug-likeness (QED) is 0.372. The Morgan fingerprint density at radius 3 is 2.86 bits per heavy atom. The number of rotatable bonds is 12. The number of fused-ring (bicyclic) bond motifs is 1. The second-order valence-corrected chi connectivity index (χ2v) is 9.88. The van der Waals surface area contributed by atoms with Crippen molar-refractivity contribution in [3.05, 3.63) is 66.1 Å². The summed E-state index contributed by atoms with van der Waals surface area (Å²) in [5, 5.41) is 21.3. The molecule has 1 fully saturated rings. The van der Waals surface area contributed by atoms with E-state index in [1.165, 1.54) is 5.56 Å². The van der Waals surface area contributed by atoms with Crippen LogP contribution in [0.25, 0.3) is 10.9 Å². The Bertz CT molecular complexity index is 1120. The van der Waals surface area contributed by atoms with E-state index in [0.717, 1.165) is 67.5 Å². The van der Waals surface area contributed by atoms with Gasteiger partial charge >= 0.3 is 5.97 Å². The van der Waals surface area contributed by atoms with E-state index in [9.17, 15) is 15.0 Å². The fourth-order valence-corrected chi connectivity index (χ4v) is 5.52. The maximum atomic E-state index is 11.3. The Hall–Kier alpha value is -3.03. The Balaban J connectivity index is 1.35. The lowest BCUT2D eigenvalue weighted by Crippen LogP contribution is -2.41. The maximum absolute atomic E-state index is 11.3. The molecule has 0 spiro atoms. The van der Waals surface area contributed by atoms with Crippen molar-refractivity contribution in [2.45, 2.75) is 51.0 Å². The van der Waals surface area contributed by atoms with E-state index < -0.39 is 12.1 Å². The Morgan fingerprint density at radius 2 is 2.08 bits per heavy atom. The highest BCUT2D eigenvalue weighted by Crippen LogP contribution is 2.35. The van der Waals surface area contributed by atoms with E-state index in [2.05, 4.69) is 20.9 Å². The number of hydrogen-bond donors (Lipinski definition) is 2. The normalized spacial score (nSPS) is 19.3. The van der Waals surface area contributed by atoms with Crippen LogP contribution in [0.1, 0.15) is 55.8 Å². The van der Waals surface area contributed by atoms with Crippen molar-refractivity contribution in [2.75, 3.05) is 26.7 Å². The van der Waals surface area contributed by atoms with Gasteiger partial charge in [0.15, 0.2) is 0 Å². The molecule has 4 rings (SSSR count). The first kappa shape index (κ1) is 26.0. The summed E-state index contributed by atoms with van der Waals surface area (Å²) in [6, 6.07) is 11.7. The number of carbonyl (C=O) groups is 1. The number of carboxylic acids is 1. The molecule has 1 aliphatic rings. The van der Waals surface area contributed by atoms with E-state index >= 15 is 0 Å². The third-order valence-corrected chi connectivity index (χ3v) is 7.52. The SMILES string of the molecule is COc1ccc2nccc([C@@H](O)CCC3CCN(CCCc4cccnc4)CC3CCC(=O)O)c2c1. The zero-order chi connectivity index (χ0) is 25.3. The van der Waals surface area contributed by atoms with Gasteiger partial charge in [-0.15, -0.1) is 0 Å². The summed E-state index contributed by atoms with van der Waals surface area (Å²) in [5.74, 6) is 0.749. The second kappa shape index (κ2) is 12.8. The highest BCUT2D eigenvalue weighted by atomic mass is 16.5. The van der Waals surface area contributed by atoms with Crippen LogP contribution < -0.4 is 4.74 Å². The lowest BCUT2D eigenvalue weighted by molar-refractivity contribution is -0.137. The van der Waals surface area contributed by atoms with Crippen LogP contribution >= 0.6 is 0 Å². The number of hydrogen-bond acceptors (Lipinski definition) is 6. The van der Waals surface area contributed by atoms with Crippen LogP contribution in [0.2, 0.25) is 0 Å². The van der Waals surface area contributed by atoms with E-state index in [-0.39, 0.29) is 6.42 Å². The number of nitrogens with zero attached hydrogens (tertiary/aromatic N) is 3. The third-order valence-electron chi connectivity index (χ3n) is 7.52. The van der Waals surface area contributed by atoms with Crippen molar-refractivity contribution >= 4 is 16.9 Å². The Labute approximate surface area is 213 Å². The molecule has 7 nitrogen and oxygen atoms in total. The molecule has 3 aromatic rings. The van der Waals surface area contributed by atoms with Gasteiger partial charge in [0, 0.05) is 36.9 Å². The molecular formula is C29H37N3O4. The Morgan fingerprint density at radius 1 is 1.19 bits per heavy atom. The smallest absolute Gasteiger partial charge is 0.303 e. The fraction of sp³-hybridized carbons (Fsp3) is 0.483. The summed E-state index contributed by atoms with van der Waals surface area (Å²) < 4.78 is 5.37. The van der Waals surface area contributed by atoms with E-state index in [1.54, 1.807) is 19.5 Å². The molecule has 1 saturated heterocycles. The van der Waals surface area contributed by atoms with E-state index in [0.29, 0.717) is 24.7 Å². The zero-order valence-electron chi connectivity index (χ0n) is 21.1. The van der Waals surface area contributed by atoms with Gasteiger partial charge in [-0.3, -0.25) is 14.8 Å². The predicted molar refractivity (Wildman–Crippen MR) is 140 cm³/mol. The molecule has 0 aliphatic carbocycles. The predicted octanol–water partition coefficient (Wildman–Crippen LogP) is 4.89. The minimum Gasteiger partial charge on any atom is -0.497 e. The molecule has 2 aromatic heterocycles. The second-order valence-electron chi connectivity index (χ2n) is 9.88. The van der Waals surface area contributed by atoms with Gasteiger partial charge in [0.05, 0.1) is 18.7 Å². The van der Waals surface area contributed by atoms with Crippen molar-refractivity contribution in [2.24, 2.45) is 11.8 Å². The van der Waals surface area contributed by atoms with Gasteiger partial charge < -0.3 is 19.8 Å². The average Bonchev–Trinajstić information content (AvgIpc) is 2.91. The minimum atomic E-state index is -0.736. The minimum absolute atomic E-state index is 0.196. The van der Waals surface area contributed by atoms with Gasteiger partial charge in [-0.1, -0.05) is 6.07 Å². The van der Waals surface area contributed by atoms with Gasteiger partial charge in [0.1, 0.15) is 5.75 Å². The first-order valence-electron chi connectivity index (χ1n) is 13.0. The number of aliphatic hydroxyl groups is 1. The van der Waals surface area contributed by atoms with Gasteiger partial charge in [-0.05, 0) is 105 Å². The molecule has 7 heteroatoms. The standard InChI is InChI=1S/C29H37N3O4/c1-36-24-8-9-27-26(18-24)25(12-15-31-27)28(33)10-6-22-13-17-32(20-23(22)7-11-29(34)35)16-3-5-21-4-2-14-30-19-21/h2,4,8-9,12,14-15,18-19,22-23,28,33H,3,5-7,10-11,13,16-17,20H2,1H3,(H,34,35)/t22?,23?,28-/m0/s1. The summed E-state index contributed by atoms with van der Waals surface area (Å²) in [5.41, 5.74) is 2.96. The number of aliphatic carboxylic acids is 1. The largest absolute Gasteiger partial charge is 0.497 e. The van der Waals surface area contributed by atoms with Crippen molar-refractivity contribution in [3.63, 3.8) is 0 Å². The van der Waals surface area contributed by atoms with Gasteiger partial charge in [-0.25, -0.2) is 0 Å². The topological polar surface area (TPSA) is 95.8 Å². The number of aromatic nitrogens is 2. The molecule has 36 heavy (non-hydrogen) atoms. The number of carboxylic acid groups (broad SMARTS) is 1. The molecule has 0 radical (unpaired) electrons. The molecule has 3 atom stereocenters. The lowest BCUT2D eigenvalue weighted by Gasteiger charge is -2.39. The molecule has 0 amide bonds. The fourth-order valence-electron chi connectivity index (χ4n) is 5.52. The molecule has 3 heterocycles. The van der Waals surface area contributed by atoms with E-state index in [1.807, 2.05) is 36.5 Å². The highest BCUT2D eigenvalue weighted by Gasteiger charge is 2.30. The van der Waals surface area contributed by atoms with Gasteiger partial charge in [0.25, 0.3) is 0 Å². The molecule has 2 unspecified atom stereocenters. The van der Waals surface area contributed by atoms with E-state index in [4.69, 9.17) is 4.74 Å². The summed E-state index contributed by atoms with van der Waals surface area (Å²) in [6.07, 6.45) is 10.4. The monoisotopic (exact) mass is 491 g/mol. The number of ether oxygens (including phenoxy) is 1. The van der Waals surface area contributed by atoms with Crippen molar-refractivity contribution in [1.82, 2.24) is 14.9 Å². The van der Waals surface area contributed by atoms with Gasteiger partial charge in [0.2, 0.25) is 0 Å². The summed E-state index contributed by atoms with van der Waals surface area (Å²) in [7, 11) is 1.64. The number of benzene rings is 1. The first-order valence-corrected chi connectivity index (χ1v) is 13.0. The zero-order valence-corrected chi connectivity index (χ0v) is 21.1. The highest BCUT2D eigenvalue weighted by molar-refractivity contribution is 5.83. The molecule has 1 aromatic carbocycles. The molecule has 2 N–H and O–H groups in total. The molecule has 0 bridgehead atoms. The van der Waals surface area contributed by atoms with Crippen LogP contribution in [0.3, 0.4) is 0 Å². The summed E-state index contributed by atoms with van der Waals surface area (Å²) in [6.45, 7) is 2.96. The first-order chi connectivity index (χ1) is 17.5. The van der Waals surface area contributed by atoms with Crippen LogP contribution in [0.5, 0.6) is 5.75 Å². The van der Waals surface area contributed by atoms with Crippen LogP contribution in [-0.2, 0) is 11.2 Å². The number of likely N-dealkylation sites (tertiary alicyclic amines) is 1. The summed E-state index contributed by atoms with van der Waals surface area (Å²) in [4.78, 5) is 22.4. The van der Waals surface area contributed by atoms with Crippen molar-refractivity contribution < 1.29 is 19.7 Å². The lowest BCUT2D eigenvalue weighted by atomic mass is 9.79. The van der Waals surface area contributed by atoms with Crippen molar-refractivity contribution in [1.29, 1.82) is 0 Å². The number of methoxy groups -OCH3 is 1. The van der Waals surface area contributed by atoms with Crippen molar-refractivity contribution in [3.8, 4) is 5.75 Å². The number of aryl methyl sites for hydroxylation is 1. The number of aliphatic hydroxyl groups excluding tert-OH is 1. The third kappa shape index (κ3) is 7.02. The molecule has 0 saturated carbocycles. The molecule has 192 valence electrons. The molecule has 1 aliphatic heterocycles. The van der Waals surface area contributed by atoms with Crippen LogP contribution in [0.4, 0.5) is 0 Å². The summed E-state index contributed by atoms with van der Waals surface area (Å²) >= 11 is 0.